The number of hydrogen-bond acceptors (Lipinski definition) is 4. The Morgan fingerprint density at radius 2 is 1.57 bits per heavy atom. The third kappa shape index (κ3) is 7.69. The zero-order valence-corrected chi connectivity index (χ0v) is 24.8. The number of halogens is 1. The van der Waals surface area contributed by atoms with Gasteiger partial charge in [-0.25, -0.2) is 12.8 Å². The largest absolute Gasteiger partial charge is 0.350 e. The van der Waals surface area contributed by atoms with Gasteiger partial charge in [-0.3, -0.25) is 13.9 Å². The SMILES string of the molecule is CCC(C(=O)NC(C)(C)C)N(Cc1ccc(F)cc1)C(=O)CN(c1ccc(C)cc1C)S(=O)(=O)c1ccccc1. The number of hydrogen-bond donors (Lipinski definition) is 1. The number of carbonyl (C=O) groups excluding carboxylic acids is 2. The average Bonchev–Trinajstić information content (AvgIpc) is 2.88. The zero-order valence-electron chi connectivity index (χ0n) is 23.9. The summed E-state index contributed by atoms with van der Waals surface area (Å²) in [5.41, 5.74) is 2.08. The van der Waals surface area contributed by atoms with Crippen molar-refractivity contribution in [3.05, 3.63) is 95.3 Å². The minimum Gasteiger partial charge on any atom is -0.350 e. The lowest BCUT2D eigenvalue weighted by atomic mass is 10.1. The van der Waals surface area contributed by atoms with Crippen LogP contribution in [-0.2, 0) is 26.2 Å². The molecule has 0 spiro atoms. The molecule has 3 aromatic carbocycles. The predicted octanol–water partition coefficient (Wildman–Crippen LogP) is 5.36. The molecule has 0 aromatic heterocycles. The summed E-state index contributed by atoms with van der Waals surface area (Å²) in [6, 6.07) is 18.1. The Balaban J connectivity index is 2.09. The summed E-state index contributed by atoms with van der Waals surface area (Å²) in [6.07, 6.45) is 0.295. The van der Waals surface area contributed by atoms with Crippen LogP contribution in [0.25, 0.3) is 0 Å². The second kappa shape index (κ2) is 12.6. The van der Waals surface area contributed by atoms with E-state index in [2.05, 4.69) is 5.32 Å². The molecule has 0 aliphatic rings. The van der Waals surface area contributed by atoms with Gasteiger partial charge in [0.1, 0.15) is 18.4 Å². The Labute approximate surface area is 237 Å². The van der Waals surface area contributed by atoms with Crippen molar-refractivity contribution in [3.63, 3.8) is 0 Å². The van der Waals surface area contributed by atoms with Crippen molar-refractivity contribution in [3.8, 4) is 0 Å². The molecule has 0 radical (unpaired) electrons. The van der Waals surface area contributed by atoms with Gasteiger partial charge in [0.25, 0.3) is 10.0 Å². The Kier molecular flexibility index (Phi) is 9.73. The summed E-state index contributed by atoms with van der Waals surface area (Å²) < 4.78 is 42.6. The zero-order chi connectivity index (χ0) is 29.7. The van der Waals surface area contributed by atoms with E-state index in [0.29, 0.717) is 23.2 Å². The molecule has 7 nitrogen and oxygen atoms in total. The molecule has 2 amide bonds. The quantitative estimate of drug-likeness (QED) is 0.357. The number of aryl methyl sites for hydroxylation is 2. The minimum absolute atomic E-state index is 0.00128. The summed E-state index contributed by atoms with van der Waals surface area (Å²) in [5, 5.41) is 2.93. The van der Waals surface area contributed by atoms with Crippen molar-refractivity contribution in [1.82, 2.24) is 10.2 Å². The lowest BCUT2D eigenvalue weighted by Gasteiger charge is -2.35. The van der Waals surface area contributed by atoms with Gasteiger partial charge in [-0.1, -0.05) is 55.0 Å². The highest BCUT2D eigenvalue weighted by Gasteiger charge is 2.35. The van der Waals surface area contributed by atoms with Crippen molar-refractivity contribution in [2.45, 2.75) is 71.0 Å². The van der Waals surface area contributed by atoms with Crippen molar-refractivity contribution < 1.29 is 22.4 Å². The molecule has 0 bridgehead atoms. The predicted molar refractivity (Wildman–Crippen MR) is 156 cm³/mol. The molecule has 0 aliphatic carbocycles. The molecule has 0 saturated carbocycles. The van der Waals surface area contributed by atoms with E-state index in [1.54, 1.807) is 56.3 Å². The molecule has 40 heavy (non-hydrogen) atoms. The number of nitrogens with zero attached hydrogens (tertiary/aromatic N) is 2. The fourth-order valence-electron chi connectivity index (χ4n) is 4.48. The molecule has 214 valence electrons. The topological polar surface area (TPSA) is 86.8 Å². The molecule has 0 saturated heterocycles. The maximum Gasteiger partial charge on any atom is 0.264 e. The van der Waals surface area contributed by atoms with E-state index in [-0.39, 0.29) is 17.3 Å². The van der Waals surface area contributed by atoms with Gasteiger partial charge in [-0.05, 0) is 82.5 Å². The Hall–Kier alpha value is -3.72. The molecule has 0 aliphatic heterocycles. The van der Waals surface area contributed by atoms with Gasteiger partial charge in [-0.15, -0.1) is 0 Å². The molecule has 3 aromatic rings. The molecule has 0 fully saturated rings. The van der Waals surface area contributed by atoms with Crippen LogP contribution in [0, 0.1) is 19.7 Å². The molecule has 1 atom stereocenters. The Bertz CT molecular complexity index is 1440. The van der Waals surface area contributed by atoms with Crippen LogP contribution in [0.2, 0.25) is 0 Å². The Morgan fingerprint density at radius 1 is 0.950 bits per heavy atom. The number of amides is 2. The van der Waals surface area contributed by atoms with Crippen LogP contribution in [-0.4, -0.2) is 43.3 Å². The summed E-state index contributed by atoms with van der Waals surface area (Å²) in [6.45, 7) is 10.5. The maximum absolute atomic E-state index is 14.1. The van der Waals surface area contributed by atoms with Crippen molar-refractivity contribution >= 4 is 27.5 Å². The Morgan fingerprint density at radius 3 is 2.12 bits per heavy atom. The summed E-state index contributed by atoms with van der Waals surface area (Å²) >= 11 is 0. The van der Waals surface area contributed by atoms with Gasteiger partial charge < -0.3 is 10.2 Å². The van der Waals surface area contributed by atoms with Crippen LogP contribution in [0.3, 0.4) is 0 Å². The van der Waals surface area contributed by atoms with E-state index in [0.717, 1.165) is 9.87 Å². The monoisotopic (exact) mass is 567 g/mol. The highest BCUT2D eigenvalue weighted by atomic mass is 32.2. The number of sulfonamides is 1. The highest BCUT2D eigenvalue weighted by molar-refractivity contribution is 7.92. The third-order valence-electron chi connectivity index (χ3n) is 6.38. The number of anilines is 1. The summed E-state index contributed by atoms with van der Waals surface area (Å²) in [4.78, 5) is 28.9. The first-order valence-electron chi connectivity index (χ1n) is 13.2. The number of nitrogens with one attached hydrogen (secondary N) is 1. The molecule has 9 heteroatoms. The third-order valence-corrected chi connectivity index (χ3v) is 8.16. The van der Waals surface area contributed by atoms with Gasteiger partial charge in [0.15, 0.2) is 0 Å². The maximum atomic E-state index is 14.1. The lowest BCUT2D eigenvalue weighted by Crippen LogP contribution is -2.55. The van der Waals surface area contributed by atoms with Crippen molar-refractivity contribution in [2.24, 2.45) is 0 Å². The van der Waals surface area contributed by atoms with Crippen LogP contribution >= 0.6 is 0 Å². The van der Waals surface area contributed by atoms with Gasteiger partial charge in [0, 0.05) is 12.1 Å². The fourth-order valence-corrected chi connectivity index (χ4v) is 5.98. The molecular weight excluding hydrogens is 529 g/mol. The fraction of sp³-hybridized carbons (Fsp3) is 0.355. The van der Waals surface area contributed by atoms with Crippen LogP contribution in [0.1, 0.15) is 50.8 Å². The average molecular weight is 568 g/mol. The van der Waals surface area contributed by atoms with Crippen LogP contribution in [0.4, 0.5) is 10.1 Å². The van der Waals surface area contributed by atoms with Gasteiger partial charge >= 0.3 is 0 Å². The van der Waals surface area contributed by atoms with Crippen LogP contribution < -0.4 is 9.62 Å². The number of carbonyl (C=O) groups is 2. The van der Waals surface area contributed by atoms with Gasteiger partial charge in [-0.2, -0.15) is 0 Å². The summed E-state index contributed by atoms with van der Waals surface area (Å²) in [7, 11) is -4.14. The molecule has 0 heterocycles. The minimum atomic E-state index is -4.14. The normalized spacial score (nSPS) is 12.5. The molecule has 3 rings (SSSR count). The van der Waals surface area contributed by atoms with Gasteiger partial charge in [0.2, 0.25) is 11.8 Å². The lowest BCUT2D eigenvalue weighted by molar-refractivity contribution is -0.141. The van der Waals surface area contributed by atoms with E-state index in [4.69, 9.17) is 0 Å². The molecule has 1 unspecified atom stereocenters. The van der Waals surface area contributed by atoms with E-state index < -0.39 is 39.9 Å². The molecular formula is C31H38FN3O4S. The first kappa shape index (κ1) is 30.8. The molecule has 1 N–H and O–H groups in total. The van der Waals surface area contributed by atoms with Crippen molar-refractivity contribution in [1.29, 1.82) is 0 Å². The smallest absolute Gasteiger partial charge is 0.264 e. The van der Waals surface area contributed by atoms with Gasteiger partial charge in [0.05, 0.1) is 10.6 Å². The summed E-state index contributed by atoms with van der Waals surface area (Å²) in [5.74, 6) is -1.33. The van der Waals surface area contributed by atoms with Crippen LogP contribution in [0.5, 0.6) is 0 Å². The van der Waals surface area contributed by atoms with Crippen molar-refractivity contribution in [2.75, 3.05) is 10.8 Å². The van der Waals surface area contributed by atoms with Crippen LogP contribution in [0.15, 0.2) is 77.7 Å². The van der Waals surface area contributed by atoms with E-state index >= 15 is 0 Å². The number of rotatable bonds is 10. The standard InChI is InChI=1S/C31H38FN3O4S/c1-7-27(30(37)33-31(4,5)6)34(20-24-14-16-25(32)17-15-24)29(36)21-35(28-18-13-22(2)19-23(28)3)40(38,39)26-11-9-8-10-12-26/h8-19,27H,7,20-21H2,1-6H3,(H,33,37). The first-order chi connectivity index (χ1) is 18.7. The number of benzene rings is 3. The second-order valence-electron chi connectivity index (χ2n) is 10.9. The second-order valence-corrected chi connectivity index (χ2v) is 12.8. The van der Waals surface area contributed by atoms with E-state index in [1.807, 2.05) is 33.8 Å². The first-order valence-corrected chi connectivity index (χ1v) is 14.7. The van der Waals surface area contributed by atoms with E-state index in [9.17, 15) is 22.4 Å². The van der Waals surface area contributed by atoms with E-state index in [1.165, 1.54) is 29.2 Å². The highest BCUT2D eigenvalue weighted by Crippen LogP contribution is 2.28.